The van der Waals surface area contributed by atoms with Gasteiger partial charge in [-0.1, -0.05) is 42.5 Å². The molecule has 1 aliphatic rings. The summed E-state index contributed by atoms with van der Waals surface area (Å²) in [5, 5.41) is 8.77. The number of carboxylic acids is 1. The van der Waals surface area contributed by atoms with Gasteiger partial charge in [0.25, 0.3) is 0 Å². The molecule has 0 aliphatic heterocycles. The molecular weight excluding hydrogens is 382 g/mol. The summed E-state index contributed by atoms with van der Waals surface area (Å²) >= 11 is 0. The molecule has 1 amide bonds. The first-order valence-corrected chi connectivity index (χ1v) is 10.3. The molecule has 0 saturated heterocycles. The molecule has 0 heterocycles. The van der Waals surface area contributed by atoms with Crippen LogP contribution in [-0.4, -0.2) is 55.3 Å². The zero-order valence-electron chi connectivity index (χ0n) is 17.4. The largest absolute Gasteiger partial charge is 0.497 e. The van der Waals surface area contributed by atoms with Gasteiger partial charge in [0.2, 0.25) is 5.91 Å². The first-order valence-electron chi connectivity index (χ1n) is 10.3. The van der Waals surface area contributed by atoms with Crippen LogP contribution < -0.4 is 4.74 Å². The highest BCUT2D eigenvalue weighted by Crippen LogP contribution is 2.50. The van der Waals surface area contributed by atoms with Crippen LogP contribution in [0, 0.1) is 0 Å². The number of carbonyl (C=O) groups excluding carboxylic acids is 1. The fraction of sp³-hybridized carbons (Fsp3) is 0.417. The van der Waals surface area contributed by atoms with Gasteiger partial charge < -0.3 is 19.5 Å². The summed E-state index contributed by atoms with van der Waals surface area (Å²) in [6, 6.07) is 17.9. The van der Waals surface area contributed by atoms with Crippen LogP contribution in [0.4, 0.5) is 0 Å². The zero-order valence-corrected chi connectivity index (χ0v) is 17.4. The molecular formula is C24H29NO5. The molecule has 2 aromatic carbocycles. The molecule has 2 aromatic rings. The van der Waals surface area contributed by atoms with Gasteiger partial charge in [-0.2, -0.15) is 0 Å². The Kier molecular flexibility index (Phi) is 7.46. The Hall–Kier alpha value is -2.86. The van der Waals surface area contributed by atoms with Crippen molar-refractivity contribution in [1.29, 1.82) is 0 Å². The van der Waals surface area contributed by atoms with E-state index in [0.29, 0.717) is 13.1 Å². The van der Waals surface area contributed by atoms with Crippen molar-refractivity contribution in [3.8, 4) is 5.75 Å². The molecule has 0 aromatic heterocycles. The van der Waals surface area contributed by atoms with Crippen LogP contribution in [0.1, 0.15) is 30.4 Å². The first kappa shape index (κ1) is 21.8. The molecule has 0 radical (unpaired) electrons. The molecule has 6 nitrogen and oxygen atoms in total. The Morgan fingerprint density at radius 3 is 2.33 bits per heavy atom. The standard InChI is InChI=1S/C24H29NO5/c1-29-21-11-9-20(10-12-21)24(13-14-24)23(28)25(16-17-30-18-22(26)27)15-5-8-19-6-3-2-4-7-19/h2-4,6-7,9-12H,5,8,13-18H2,1H3,(H,26,27). The monoisotopic (exact) mass is 411 g/mol. The van der Waals surface area contributed by atoms with E-state index in [0.717, 1.165) is 37.0 Å². The molecule has 0 spiro atoms. The van der Waals surface area contributed by atoms with E-state index < -0.39 is 11.4 Å². The summed E-state index contributed by atoms with van der Waals surface area (Å²) in [4.78, 5) is 26.0. The minimum atomic E-state index is -1.01. The number of benzene rings is 2. The summed E-state index contributed by atoms with van der Waals surface area (Å²) in [5.41, 5.74) is 1.77. The van der Waals surface area contributed by atoms with E-state index >= 15 is 0 Å². The molecule has 0 atom stereocenters. The van der Waals surface area contributed by atoms with E-state index in [1.165, 1.54) is 5.56 Å². The predicted molar refractivity (Wildman–Crippen MR) is 114 cm³/mol. The molecule has 0 bridgehead atoms. The smallest absolute Gasteiger partial charge is 0.329 e. The summed E-state index contributed by atoms with van der Waals surface area (Å²) in [6.45, 7) is 0.860. The van der Waals surface area contributed by atoms with Crippen molar-refractivity contribution >= 4 is 11.9 Å². The minimum Gasteiger partial charge on any atom is -0.497 e. The lowest BCUT2D eigenvalue weighted by Gasteiger charge is -2.28. The van der Waals surface area contributed by atoms with E-state index in [-0.39, 0.29) is 19.1 Å². The number of hydrogen-bond acceptors (Lipinski definition) is 4. The van der Waals surface area contributed by atoms with Crippen molar-refractivity contribution in [3.05, 3.63) is 65.7 Å². The Morgan fingerprint density at radius 2 is 1.73 bits per heavy atom. The number of carboxylic acid groups (broad SMARTS) is 1. The number of aryl methyl sites for hydroxylation is 1. The van der Waals surface area contributed by atoms with Crippen LogP contribution in [0.3, 0.4) is 0 Å². The topological polar surface area (TPSA) is 76.1 Å². The second-order valence-corrected chi connectivity index (χ2v) is 7.64. The Bertz CT molecular complexity index is 830. The van der Waals surface area contributed by atoms with E-state index in [1.54, 1.807) is 7.11 Å². The quantitative estimate of drug-likeness (QED) is 0.543. The first-order chi connectivity index (χ1) is 14.5. The van der Waals surface area contributed by atoms with Gasteiger partial charge in [-0.15, -0.1) is 0 Å². The van der Waals surface area contributed by atoms with Gasteiger partial charge in [0.15, 0.2) is 0 Å². The van der Waals surface area contributed by atoms with Crippen molar-refractivity contribution in [2.45, 2.75) is 31.1 Å². The van der Waals surface area contributed by atoms with Gasteiger partial charge in [0.05, 0.1) is 19.1 Å². The van der Waals surface area contributed by atoms with Crippen molar-refractivity contribution < 1.29 is 24.2 Å². The Balaban J connectivity index is 1.65. The highest BCUT2D eigenvalue weighted by molar-refractivity contribution is 5.91. The third-order valence-electron chi connectivity index (χ3n) is 5.56. The molecule has 1 aliphatic carbocycles. The average Bonchev–Trinajstić information content (AvgIpc) is 3.57. The van der Waals surface area contributed by atoms with E-state index in [4.69, 9.17) is 14.6 Å². The van der Waals surface area contributed by atoms with Crippen LogP contribution in [0.5, 0.6) is 5.75 Å². The molecule has 1 fully saturated rings. The minimum absolute atomic E-state index is 0.0969. The fourth-order valence-electron chi connectivity index (χ4n) is 3.73. The van der Waals surface area contributed by atoms with Crippen molar-refractivity contribution in [2.75, 3.05) is 33.4 Å². The number of hydrogen-bond donors (Lipinski definition) is 1. The fourth-order valence-corrected chi connectivity index (χ4v) is 3.73. The summed E-state index contributed by atoms with van der Waals surface area (Å²) in [6.07, 6.45) is 3.37. The number of methoxy groups -OCH3 is 1. The van der Waals surface area contributed by atoms with Crippen molar-refractivity contribution in [3.63, 3.8) is 0 Å². The second-order valence-electron chi connectivity index (χ2n) is 7.64. The predicted octanol–water partition coefficient (Wildman–Crippen LogP) is 3.29. The van der Waals surface area contributed by atoms with Crippen LogP contribution in [0.15, 0.2) is 54.6 Å². The third kappa shape index (κ3) is 5.60. The summed E-state index contributed by atoms with van der Waals surface area (Å²) in [5.74, 6) is -0.141. The Labute approximate surface area is 177 Å². The number of rotatable bonds is 12. The molecule has 30 heavy (non-hydrogen) atoms. The molecule has 6 heteroatoms. The summed E-state index contributed by atoms with van der Waals surface area (Å²) < 4.78 is 10.4. The van der Waals surface area contributed by atoms with Gasteiger partial charge in [-0.05, 0) is 48.9 Å². The number of carbonyl (C=O) groups is 2. The maximum Gasteiger partial charge on any atom is 0.329 e. The van der Waals surface area contributed by atoms with Gasteiger partial charge in [0.1, 0.15) is 12.4 Å². The van der Waals surface area contributed by atoms with Gasteiger partial charge >= 0.3 is 5.97 Å². The maximum absolute atomic E-state index is 13.5. The lowest BCUT2D eigenvalue weighted by Crippen LogP contribution is -2.42. The van der Waals surface area contributed by atoms with Crippen LogP contribution in [-0.2, 0) is 26.2 Å². The van der Waals surface area contributed by atoms with Gasteiger partial charge in [0, 0.05) is 13.1 Å². The lowest BCUT2D eigenvalue weighted by atomic mass is 9.94. The number of aliphatic carboxylic acids is 1. The highest BCUT2D eigenvalue weighted by Gasteiger charge is 2.52. The normalized spacial score (nSPS) is 14.2. The maximum atomic E-state index is 13.5. The third-order valence-corrected chi connectivity index (χ3v) is 5.56. The van der Waals surface area contributed by atoms with Crippen LogP contribution >= 0.6 is 0 Å². The molecule has 160 valence electrons. The van der Waals surface area contributed by atoms with Crippen molar-refractivity contribution in [1.82, 2.24) is 4.90 Å². The van der Waals surface area contributed by atoms with Gasteiger partial charge in [-0.25, -0.2) is 4.79 Å². The number of amides is 1. The zero-order chi connectivity index (χ0) is 21.4. The van der Waals surface area contributed by atoms with Gasteiger partial charge in [-0.3, -0.25) is 4.79 Å². The highest BCUT2D eigenvalue weighted by atomic mass is 16.5. The number of ether oxygens (including phenoxy) is 2. The SMILES string of the molecule is COc1ccc(C2(C(=O)N(CCCc3ccccc3)CCOCC(=O)O)CC2)cc1. The van der Waals surface area contributed by atoms with E-state index in [2.05, 4.69) is 12.1 Å². The molecule has 0 unspecified atom stereocenters. The van der Waals surface area contributed by atoms with E-state index in [9.17, 15) is 9.59 Å². The molecule has 1 saturated carbocycles. The lowest BCUT2D eigenvalue weighted by molar-refractivity contribution is -0.142. The average molecular weight is 411 g/mol. The van der Waals surface area contributed by atoms with Crippen LogP contribution in [0.2, 0.25) is 0 Å². The van der Waals surface area contributed by atoms with Crippen LogP contribution in [0.25, 0.3) is 0 Å². The van der Waals surface area contributed by atoms with Crippen molar-refractivity contribution in [2.24, 2.45) is 0 Å². The molecule has 1 N–H and O–H groups in total. The van der Waals surface area contributed by atoms with E-state index in [1.807, 2.05) is 47.4 Å². The number of nitrogens with zero attached hydrogens (tertiary/aromatic N) is 1. The Morgan fingerprint density at radius 1 is 1.03 bits per heavy atom. The second kappa shape index (κ2) is 10.3. The summed E-state index contributed by atoms with van der Waals surface area (Å²) in [7, 11) is 1.62. The molecule has 3 rings (SSSR count).